The Morgan fingerprint density at radius 3 is 2.39 bits per heavy atom. The molecule has 0 bridgehead atoms. The van der Waals surface area contributed by atoms with Gasteiger partial charge in [-0.2, -0.15) is 17.4 Å². The highest BCUT2D eigenvalue weighted by atomic mass is 32.2. The number of nitrogens with zero attached hydrogens (tertiary/aromatic N) is 1. The molecule has 2 saturated carbocycles. The van der Waals surface area contributed by atoms with Gasteiger partial charge in [-0.25, -0.2) is 0 Å². The lowest BCUT2D eigenvalue weighted by Gasteiger charge is -2.20. The molecule has 0 unspecified atom stereocenters. The lowest BCUT2D eigenvalue weighted by molar-refractivity contribution is 0.434. The monoisotopic (exact) mass is 275 g/mol. The van der Waals surface area contributed by atoms with Gasteiger partial charge in [-0.15, -0.1) is 0 Å². The van der Waals surface area contributed by atoms with Gasteiger partial charge in [0, 0.05) is 25.7 Å². The average Bonchev–Trinajstić information content (AvgIpc) is 3.01. The first-order valence-electron chi connectivity index (χ1n) is 7.05. The molecule has 0 amide bonds. The minimum Gasteiger partial charge on any atom is -0.314 e. The maximum atomic E-state index is 12.0. The van der Waals surface area contributed by atoms with Gasteiger partial charge in [0.2, 0.25) is 0 Å². The second kappa shape index (κ2) is 6.32. The van der Waals surface area contributed by atoms with Crippen LogP contribution in [0, 0.1) is 0 Å². The van der Waals surface area contributed by atoms with Gasteiger partial charge in [-0.05, 0) is 38.6 Å². The van der Waals surface area contributed by atoms with Crippen LogP contribution >= 0.6 is 0 Å². The summed E-state index contributed by atoms with van der Waals surface area (Å²) in [7, 11) is -1.61. The van der Waals surface area contributed by atoms with E-state index in [4.69, 9.17) is 0 Å². The molecule has 106 valence electrons. The smallest absolute Gasteiger partial charge is 0.279 e. The summed E-state index contributed by atoms with van der Waals surface area (Å²) < 4.78 is 28.3. The van der Waals surface area contributed by atoms with Crippen molar-refractivity contribution >= 4 is 10.2 Å². The number of rotatable bonds is 8. The molecular formula is C12H25N3O2S. The van der Waals surface area contributed by atoms with E-state index in [0.29, 0.717) is 12.6 Å². The number of nitrogens with one attached hydrogen (secondary N) is 2. The molecule has 0 saturated heterocycles. The van der Waals surface area contributed by atoms with Crippen LogP contribution in [0.25, 0.3) is 0 Å². The summed E-state index contributed by atoms with van der Waals surface area (Å²) in [6.07, 6.45) is 7.67. The molecule has 0 radical (unpaired) electrons. The molecule has 0 atom stereocenters. The lowest BCUT2D eigenvalue weighted by atomic mass is 10.3. The summed E-state index contributed by atoms with van der Waals surface area (Å²) in [5.41, 5.74) is 0. The molecule has 5 nitrogen and oxygen atoms in total. The predicted octanol–water partition coefficient (Wildman–Crippen LogP) is 0.837. The van der Waals surface area contributed by atoms with Crippen LogP contribution < -0.4 is 10.0 Å². The highest BCUT2D eigenvalue weighted by Crippen LogP contribution is 2.19. The molecule has 18 heavy (non-hydrogen) atoms. The van der Waals surface area contributed by atoms with Gasteiger partial charge in [0.15, 0.2) is 0 Å². The minimum absolute atomic E-state index is 0.155. The van der Waals surface area contributed by atoms with Crippen molar-refractivity contribution in [2.75, 3.05) is 20.1 Å². The van der Waals surface area contributed by atoms with E-state index < -0.39 is 10.2 Å². The molecule has 2 N–H and O–H groups in total. The van der Waals surface area contributed by atoms with Crippen molar-refractivity contribution in [3.8, 4) is 0 Å². The molecule has 2 aliphatic carbocycles. The second-order valence-electron chi connectivity index (χ2n) is 5.51. The molecule has 0 heterocycles. The van der Waals surface area contributed by atoms with E-state index in [1.807, 2.05) is 0 Å². The predicted molar refractivity (Wildman–Crippen MR) is 72.6 cm³/mol. The largest absolute Gasteiger partial charge is 0.314 e. The maximum absolute atomic E-state index is 12.0. The van der Waals surface area contributed by atoms with Crippen molar-refractivity contribution < 1.29 is 8.42 Å². The summed E-state index contributed by atoms with van der Waals surface area (Å²) >= 11 is 0. The van der Waals surface area contributed by atoms with Gasteiger partial charge in [0.1, 0.15) is 0 Å². The standard InChI is InChI=1S/C12H25N3O2S/c1-15(10-4-9-13-11-7-8-11)18(16,17)14-12-5-2-3-6-12/h11-14H,2-10H2,1H3. The van der Waals surface area contributed by atoms with Crippen LogP contribution in [0.2, 0.25) is 0 Å². The normalized spacial score (nSPS) is 21.9. The zero-order valence-electron chi connectivity index (χ0n) is 11.2. The molecule has 6 heteroatoms. The van der Waals surface area contributed by atoms with Crippen LogP contribution in [0.5, 0.6) is 0 Å². The topological polar surface area (TPSA) is 61.4 Å². The van der Waals surface area contributed by atoms with E-state index in [0.717, 1.165) is 38.6 Å². The Morgan fingerprint density at radius 1 is 1.11 bits per heavy atom. The third kappa shape index (κ3) is 4.50. The summed E-state index contributed by atoms with van der Waals surface area (Å²) in [6.45, 7) is 1.50. The molecule has 2 rings (SSSR count). The van der Waals surface area contributed by atoms with E-state index in [2.05, 4.69) is 10.0 Å². The summed E-state index contributed by atoms with van der Waals surface area (Å²) in [4.78, 5) is 0. The van der Waals surface area contributed by atoms with Gasteiger partial charge in [-0.1, -0.05) is 12.8 Å². The first-order valence-corrected chi connectivity index (χ1v) is 8.49. The Bertz CT molecular complexity index is 348. The van der Waals surface area contributed by atoms with E-state index in [1.54, 1.807) is 7.05 Å². The van der Waals surface area contributed by atoms with Crippen molar-refractivity contribution in [2.24, 2.45) is 0 Å². The molecule has 0 aromatic heterocycles. The van der Waals surface area contributed by atoms with E-state index in [-0.39, 0.29) is 6.04 Å². The summed E-state index contributed by atoms with van der Waals surface area (Å²) in [6, 6.07) is 0.852. The van der Waals surface area contributed by atoms with E-state index in [9.17, 15) is 8.42 Å². The fourth-order valence-electron chi connectivity index (χ4n) is 2.36. The Labute approximate surface area is 110 Å². The van der Waals surface area contributed by atoms with Crippen LogP contribution in [0.1, 0.15) is 44.9 Å². The summed E-state index contributed by atoms with van der Waals surface area (Å²) in [5.74, 6) is 0. The van der Waals surface area contributed by atoms with Gasteiger partial charge in [0.05, 0.1) is 0 Å². The Balaban J connectivity index is 1.66. The van der Waals surface area contributed by atoms with Gasteiger partial charge < -0.3 is 5.32 Å². The van der Waals surface area contributed by atoms with Crippen LogP contribution in [0.4, 0.5) is 0 Å². The van der Waals surface area contributed by atoms with E-state index >= 15 is 0 Å². The Hall–Kier alpha value is -0.170. The first kappa shape index (κ1) is 14.2. The average molecular weight is 275 g/mol. The molecule has 0 aromatic rings. The van der Waals surface area contributed by atoms with E-state index in [1.165, 1.54) is 17.1 Å². The highest BCUT2D eigenvalue weighted by Gasteiger charge is 2.24. The van der Waals surface area contributed by atoms with Crippen LogP contribution in [0.3, 0.4) is 0 Å². The highest BCUT2D eigenvalue weighted by molar-refractivity contribution is 7.87. The SMILES string of the molecule is CN(CCCNC1CC1)S(=O)(=O)NC1CCCC1. The summed E-state index contributed by atoms with van der Waals surface area (Å²) in [5, 5.41) is 3.39. The molecule has 2 fully saturated rings. The van der Waals surface area contributed by atoms with Gasteiger partial charge >= 0.3 is 0 Å². The minimum atomic E-state index is -3.27. The molecule has 0 aromatic carbocycles. The van der Waals surface area contributed by atoms with Crippen LogP contribution in [-0.4, -0.2) is 44.9 Å². The fraction of sp³-hybridized carbons (Fsp3) is 1.00. The van der Waals surface area contributed by atoms with Crippen LogP contribution in [-0.2, 0) is 10.2 Å². The third-order valence-electron chi connectivity index (χ3n) is 3.74. The third-order valence-corrected chi connectivity index (χ3v) is 5.38. The van der Waals surface area contributed by atoms with Crippen molar-refractivity contribution in [1.29, 1.82) is 0 Å². The zero-order chi connectivity index (χ0) is 13.0. The van der Waals surface area contributed by atoms with Gasteiger partial charge in [0.25, 0.3) is 10.2 Å². The maximum Gasteiger partial charge on any atom is 0.279 e. The fourth-order valence-corrected chi connectivity index (χ4v) is 3.57. The van der Waals surface area contributed by atoms with Crippen molar-refractivity contribution in [2.45, 2.75) is 57.0 Å². The Morgan fingerprint density at radius 2 is 1.78 bits per heavy atom. The van der Waals surface area contributed by atoms with Crippen molar-refractivity contribution in [3.63, 3.8) is 0 Å². The number of hydrogen-bond acceptors (Lipinski definition) is 3. The van der Waals surface area contributed by atoms with Crippen molar-refractivity contribution in [1.82, 2.24) is 14.3 Å². The molecule has 0 spiro atoms. The molecular weight excluding hydrogens is 250 g/mol. The Kier molecular flexibility index (Phi) is 5.00. The quantitative estimate of drug-likeness (QED) is 0.645. The molecule has 0 aliphatic heterocycles. The first-order chi connectivity index (χ1) is 8.58. The molecule has 2 aliphatic rings. The lowest BCUT2D eigenvalue weighted by Crippen LogP contribution is -2.43. The zero-order valence-corrected chi connectivity index (χ0v) is 12.0. The number of hydrogen-bond donors (Lipinski definition) is 2. The second-order valence-corrected chi connectivity index (χ2v) is 7.32. The van der Waals surface area contributed by atoms with Crippen molar-refractivity contribution in [3.05, 3.63) is 0 Å². The van der Waals surface area contributed by atoms with Crippen LogP contribution in [0.15, 0.2) is 0 Å². The van der Waals surface area contributed by atoms with Gasteiger partial charge in [-0.3, -0.25) is 0 Å².